The van der Waals surface area contributed by atoms with Crippen LogP contribution in [0.3, 0.4) is 0 Å². The highest BCUT2D eigenvalue weighted by molar-refractivity contribution is 6.06. The van der Waals surface area contributed by atoms with Crippen molar-refractivity contribution in [2.75, 3.05) is 26.5 Å². The van der Waals surface area contributed by atoms with Gasteiger partial charge in [-0.25, -0.2) is 4.98 Å². The molecule has 2 aromatic carbocycles. The van der Waals surface area contributed by atoms with Gasteiger partial charge in [-0.05, 0) is 36.8 Å². The zero-order valence-corrected chi connectivity index (χ0v) is 19.5. The van der Waals surface area contributed by atoms with Crippen molar-refractivity contribution in [1.29, 1.82) is 0 Å². The van der Waals surface area contributed by atoms with Gasteiger partial charge in [-0.2, -0.15) is 0 Å². The van der Waals surface area contributed by atoms with Gasteiger partial charge in [0.1, 0.15) is 11.4 Å². The van der Waals surface area contributed by atoms with Crippen molar-refractivity contribution in [3.05, 3.63) is 66.5 Å². The Bertz CT molecular complexity index is 1370. The molecular formula is C26H27N5O3. The lowest BCUT2D eigenvalue weighted by Gasteiger charge is -2.17. The molecule has 2 aromatic heterocycles. The van der Waals surface area contributed by atoms with Gasteiger partial charge in [0.05, 0.1) is 24.4 Å². The second kappa shape index (κ2) is 9.36. The van der Waals surface area contributed by atoms with E-state index in [9.17, 15) is 9.59 Å². The molecule has 0 fully saturated rings. The summed E-state index contributed by atoms with van der Waals surface area (Å²) in [7, 11) is 4.98. The summed E-state index contributed by atoms with van der Waals surface area (Å²) in [5.41, 5.74) is 10.8. The van der Waals surface area contributed by atoms with Gasteiger partial charge in [-0.3, -0.25) is 9.59 Å². The van der Waals surface area contributed by atoms with E-state index in [2.05, 4.69) is 15.3 Å². The maximum Gasteiger partial charge on any atom is 0.255 e. The van der Waals surface area contributed by atoms with Gasteiger partial charge in [-0.15, -0.1) is 0 Å². The molecule has 174 valence electrons. The Hall–Kier alpha value is -4.17. The van der Waals surface area contributed by atoms with Crippen LogP contribution in [0, 0.1) is 0 Å². The number of benzene rings is 2. The first-order valence-corrected chi connectivity index (χ1v) is 10.8. The second-order valence-electron chi connectivity index (χ2n) is 8.26. The van der Waals surface area contributed by atoms with E-state index in [0.717, 1.165) is 39.0 Å². The predicted molar refractivity (Wildman–Crippen MR) is 134 cm³/mol. The number of hydrogen-bond acceptors (Lipinski definition) is 5. The zero-order chi connectivity index (χ0) is 24.4. The predicted octanol–water partition coefficient (Wildman–Crippen LogP) is 3.89. The number of ether oxygens (including phenoxy) is 1. The summed E-state index contributed by atoms with van der Waals surface area (Å²) in [6.07, 6.45) is 3.66. The third-order valence-electron chi connectivity index (χ3n) is 5.59. The van der Waals surface area contributed by atoms with Gasteiger partial charge in [0.25, 0.3) is 5.91 Å². The molecule has 2 amide bonds. The number of nitrogens with zero attached hydrogens (tertiary/aromatic N) is 2. The van der Waals surface area contributed by atoms with E-state index in [1.165, 1.54) is 4.90 Å². The fourth-order valence-electron chi connectivity index (χ4n) is 3.75. The van der Waals surface area contributed by atoms with E-state index in [1.807, 2.05) is 42.6 Å². The van der Waals surface area contributed by atoms with Crippen LogP contribution < -0.4 is 15.8 Å². The van der Waals surface area contributed by atoms with E-state index in [0.29, 0.717) is 11.3 Å². The van der Waals surface area contributed by atoms with Crippen LogP contribution in [-0.2, 0) is 4.79 Å². The number of hydrogen-bond donors (Lipinski definition) is 3. The number of amides is 2. The minimum absolute atomic E-state index is 0.229. The van der Waals surface area contributed by atoms with Gasteiger partial charge >= 0.3 is 0 Å². The number of H-pyrrole nitrogens is 1. The average Bonchev–Trinajstić information content (AvgIpc) is 3.26. The van der Waals surface area contributed by atoms with Crippen LogP contribution in [0.1, 0.15) is 17.3 Å². The largest absolute Gasteiger partial charge is 0.496 e. The third kappa shape index (κ3) is 4.35. The summed E-state index contributed by atoms with van der Waals surface area (Å²) < 4.78 is 5.54. The second-order valence-corrected chi connectivity index (χ2v) is 8.26. The Morgan fingerprint density at radius 3 is 2.56 bits per heavy atom. The number of aromatic amines is 1. The van der Waals surface area contributed by atoms with Crippen molar-refractivity contribution < 1.29 is 14.3 Å². The van der Waals surface area contributed by atoms with Crippen LogP contribution >= 0.6 is 0 Å². The van der Waals surface area contributed by atoms with Crippen molar-refractivity contribution in [3.8, 4) is 28.0 Å². The summed E-state index contributed by atoms with van der Waals surface area (Å²) in [6, 6.07) is 14.5. The Morgan fingerprint density at radius 2 is 1.85 bits per heavy atom. The van der Waals surface area contributed by atoms with E-state index in [4.69, 9.17) is 10.5 Å². The Kier molecular flexibility index (Phi) is 6.34. The van der Waals surface area contributed by atoms with Crippen LogP contribution in [0.15, 0.2) is 60.9 Å². The van der Waals surface area contributed by atoms with E-state index < -0.39 is 6.04 Å². The highest BCUT2D eigenvalue weighted by Crippen LogP contribution is 2.36. The Balaban J connectivity index is 1.81. The number of anilines is 1. The normalized spacial score (nSPS) is 11.8. The van der Waals surface area contributed by atoms with Gasteiger partial charge in [0.2, 0.25) is 5.91 Å². The lowest BCUT2D eigenvalue weighted by atomic mass is 9.99. The number of nitrogens with one attached hydrogen (secondary N) is 2. The number of rotatable bonds is 6. The first-order valence-electron chi connectivity index (χ1n) is 10.8. The molecule has 0 radical (unpaired) electrons. The number of para-hydroxylation sites is 1. The average molecular weight is 458 g/mol. The van der Waals surface area contributed by atoms with E-state index in [-0.39, 0.29) is 11.8 Å². The van der Waals surface area contributed by atoms with Crippen LogP contribution in [0.25, 0.3) is 33.3 Å². The number of pyridine rings is 1. The summed E-state index contributed by atoms with van der Waals surface area (Å²) in [6.45, 7) is 1.59. The summed E-state index contributed by atoms with van der Waals surface area (Å²) in [5, 5.41) is 3.67. The van der Waals surface area contributed by atoms with Crippen LogP contribution in [0.5, 0.6) is 5.75 Å². The minimum atomic E-state index is -0.699. The van der Waals surface area contributed by atoms with Crippen molar-refractivity contribution in [1.82, 2.24) is 14.9 Å². The first-order chi connectivity index (χ1) is 16.3. The molecule has 8 nitrogen and oxygen atoms in total. The number of fused-ring (bicyclic) bond motifs is 1. The molecule has 4 rings (SSSR count). The SMILES string of the molecule is COc1ccccc1-c1c[nH]c2ncc(-c3ccc(NC(=O)[C@H](C)N)c(C(=O)N(C)C)c3)cc12. The number of methoxy groups -OCH3 is 1. The molecule has 4 N–H and O–H groups in total. The molecule has 34 heavy (non-hydrogen) atoms. The van der Waals surface area contributed by atoms with Gasteiger partial charge in [-0.1, -0.05) is 24.3 Å². The fourth-order valence-corrected chi connectivity index (χ4v) is 3.75. The molecule has 8 heteroatoms. The van der Waals surface area contributed by atoms with Crippen molar-refractivity contribution in [3.63, 3.8) is 0 Å². The monoisotopic (exact) mass is 457 g/mol. The van der Waals surface area contributed by atoms with Gasteiger partial charge in [0.15, 0.2) is 0 Å². The van der Waals surface area contributed by atoms with Gasteiger partial charge < -0.3 is 25.7 Å². The van der Waals surface area contributed by atoms with Crippen LogP contribution in [0.4, 0.5) is 5.69 Å². The topological polar surface area (TPSA) is 113 Å². The molecule has 2 heterocycles. The third-order valence-corrected chi connectivity index (χ3v) is 5.59. The highest BCUT2D eigenvalue weighted by atomic mass is 16.5. The standard InChI is InChI=1S/C26H27N5O3/c1-15(27)25(32)30-22-10-9-16(11-20(22)26(33)31(2)3)17-12-19-21(14-29-24(19)28-13-17)18-7-5-6-8-23(18)34-4/h5-15H,27H2,1-4H3,(H,28,29)(H,30,32)/t15-/m0/s1. The first kappa shape index (κ1) is 23.0. The van der Waals surface area contributed by atoms with Crippen molar-refractivity contribution in [2.24, 2.45) is 5.73 Å². The molecule has 0 spiro atoms. The maximum absolute atomic E-state index is 12.9. The lowest BCUT2D eigenvalue weighted by molar-refractivity contribution is -0.117. The summed E-state index contributed by atoms with van der Waals surface area (Å²) in [5.74, 6) is 0.173. The Morgan fingerprint density at radius 1 is 1.09 bits per heavy atom. The maximum atomic E-state index is 12.9. The molecule has 0 unspecified atom stereocenters. The highest BCUT2D eigenvalue weighted by Gasteiger charge is 2.19. The van der Waals surface area contributed by atoms with E-state index in [1.54, 1.807) is 46.5 Å². The van der Waals surface area contributed by atoms with E-state index >= 15 is 0 Å². The number of aromatic nitrogens is 2. The number of carbonyl (C=O) groups is 2. The quantitative estimate of drug-likeness (QED) is 0.406. The smallest absolute Gasteiger partial charge is 0.255 e. The number of nitrogens with two attached hydrogens (primary N) is 1. The number of carbonyl (C=O) groups excluding carboxylic acids is 2. The summed E-state index contributed by atoms with van der Waals surface area (Å²) >= 11 is 0. The fraction of sp³-hybridized carbons (Fsp3) is 0.192. The van der Waals surface area contributed by atoms with Crippen molar-refractivity contribution in [2.45, 2.75) is 13.0 Å². The van der Waals surface area contributed by atoms with Crippen molar-refractivity contribution >= 4 is 28.5 Å². The molecule has 0 saturated heterocycles. The molecule has 0 aliphatic carbocycles. The Labute approximate surface area is 197 Å². The van der Waals surface area contributed by atoms with Gasteiger partial charge in [0, 0.05) is 48.6 Å². The lowest BCUT2D eigenvalue weighted by Crippen LogP contribution is -2.33. The molecule has 0 aliphatic heterocycles. The molecule has 0 saturated carbocycles. The summed E-state index contributed by atoms with van der Waals surface area (Å²) in [4.78, 5) is 34.3. The zero-order valence-electron chi connectivity index (χ0n) is 19.5. The molecule has 1 atom stereocenters. The van der Waals surface area contributed by atoms with Crippen LogP contribution in [-0.4, -0.2) is 53.9 Å². The molecular weight excluding hydrogens is 430 g/mol. The van der Waals surface area contributed by atoms with Crippen LogP contribution in [0.2, 0.25) is 0 Å². The molecule has 4 aromatic rings. The minimum Gasteiger partial charge on any atom is -0.496 e. The molecule has 0 aliphatic rings. The molecule has 0 bridgehead atoms.